The minimum atomic E-state index is -0.700. The first-order valence-electron chi connectivity index (χ1n) is 7.81. The Kier molecular flexibility index (Phi) is 4.94. The van der Waals surface area contributed by atoms with Gasteiger partial charge in [-0.05, 0) is 42.3 Å². The number of benzene rings is 2. The monoisotopic (exact) mass is 338 g/mol. The van der Waals surface area contributed by atoms with E-state index in [0.717, 1.165) is 22.3 Å². The molecule has 0 radical (unpaired) electrons. The van der Waals surface area contributed by atoms with Crippen molar-refractivity contribution in [3.8, 4) is 5.75 Å². The van der Waals surface area contributed by atoms with Crippen molar-refractivity contribution in [3.05, 3.63) is 54.4 Å². The van der Waals surface area contributed by atoms with Crippen LogP contribution in [0.15, 0.2) is 48.8 Å². The van der Waals surface area contributed by atoms with Gasteiger partial charge < -0.3 is 20.4 Å². The number of H-pyrrole nitrogens is 1. The molecule has 3 N–H and O–H groups in total. The van der Waals surface area contributed by atoms with Crippen LogP contribution in [0.2, 0.25) is 0 Å². The molecule has 0 spiro atoms. The van der Waals surface area contributed by atoms with E-state index in [1.165, 1.54) is 0 Å². The number of imidazole rings is 1. The van der Waals surface area contributed by atoms with E-state index in [-0.39, 0.29) is 0 Å². The number of hydrogen-bond donors (Lipinski definition) is 3. The van der Waals surface area contributed by atoms with Crippen molar-refractivity contribution in [2.75, 3.05) is 19.0 Å². The smallest absolute Gasteiger partial charge is 0.313 e. The standard InChI is InChI=1S/C18H18N4O3/c1-25-14-5-2-12(3-6-14)8-9-19-17(23)18(24)22-13-4-7-15-16(10-13)21-11-20-15/h2-7,10-11H,8-9H2,1H3,(H,19,23)(H,20,21)(H,22,24). The highest BCUT2D eigenvalue weighted by Crippen LogP contribution is 2.15. The van der Waals surface area contributed by atoms with Crippen LogP contribution in [-0.2, 0) is 16.0 Å². The quantitative estimate of drug-likeness (QED) is 0.619. The van der Waals surface area contributed by atoms with Gasteiger partial charge in [0, 0.05) is 12.2 Å². The van der Waals surface area contributed by atoms with Gasteiger partial charge in [-0.3, -0.25) is 9.59 Å². The van der Waals surface area contributed by atoms with Crippen LogP contribution in [0.25, 0.3) is 11.0 Å². The maximum Gasteiger partial charge on any atom is 0.313 e. The topological polar surface area (TPSA) is 96.1 Å². The summed E-state index contributed by atoms with van der Waals surface area (Å²) in [6, 6.07) is 12.7. The van der Waals surface area contributed by atoms with Gasteiger partial charge in [0.1, 0.15) is 5.75 Å². The first kappa shape index (κ1) is 16.5. The zero-order chi connectivity index (χ0) is 17.6. The van der Waals surface area contributed by atoms with Gasteiger partial charge in [0.25, 0.3) is 0 Å². The Balaban J connectivity index is 1.49. The molecule has 7 nitrogen and oxygen atoms in total. The SMILES string of the molecule is COc1ccc(CCNC(=O)C(=O)Nc2ccc3nc[nH]c3c2)cc1. The van der Waals surface area contributed by atoms with Crippen molar-refractivity contribution in [2.24, 2.45) is 0 Å². The van der Waals surface area contributed by atoms with Gasteiger partial charge in [0.05, 0.1) is 24.5 Å². The van der Waals surface area contributed by atoms with Crippen LogP contribution in [0.5, 0.6) is 5.75 Å². The molecule has 1 heterocycles. The van der Waals surface area contributed by atoms with Crippen LogP contribution in [-0.4, -0.2) is 35.4 Å². The molecule has 128 valence electrons. The average Bonchev–Trinajstić information content (AvgIpc) is 3.10. The molecule has 0 bridgehead atoms. The minimum absolute atomic E-state index is 0.373. The van der Waals surface area contributed by atoms with Crippen molar-refractivity contribution in [1.29, 1.82) is 0 Å². The number of amides is 2. The van der Waals surface area contributed by atoms with Crippen molar-refractivity contribution in [1.82, 2.24) is 15.3 Å². The maximum absolute atomic E-state index is 11.9. The molecule has 7 heteroatoms. The Labute approximate surface area is 144 Å². The molecule has 3 rings (SSSR count). The summed E-state index contributed by atoms with van der Waals surface area (Å²) in [5, 5.41) is 5.18. The second-order valence-corrected chi connectivity index (χ2v) is 5.44. The second-order valence-electron chi connectivity index (χ2n) is 5.44. The number of hydrogen-bond acceptors (Lipinski definition) is 4. The predicted octanol–water partition coefficient (Wildman–Crippen LogP) is 1.87. The van der Waals surface area contributed by atoms with Crippen molar-refractivity contribution in [3.63, 3.8) is 0 Å². The van der Waals surface area contributed by atoms with Crippen molar-refractivity contribution >= 4 is 28.5 Å². The first-order chi connectivity index (χ1) is 12.2. The molecule has 0 aliphatic heterocycles. The summed E-state index contributed by atoms with van der Waals surface area (Å²) in [5.74, 6) is -0.590. The zero-order valence-electron chi connectivity index (χ0n) is 13.7. The fourth-order valence-corrected chi connectivity index (χ4v) is 2.39. The Morgan fingerprint density at radius 3 is 2.68 bits per heavy atom. The molecular formula is C18H18N4O3. The third kappa shape index (κ3) is 4.14. The van der Waals surface area contributed by atoms with E-state index in [9.17, 15) is 9.59 Å². The number of anilines is 1. The lowest BCUT2D eigenvalue weighted by atomic mass is 10.1. The fourth-order valence-electron chi connectivity index (χ4n) is 2.39. The number of carbonyl (C=O) groups excluding carboxylic acids is 2. The molecule has 1 aromatic heterocycles. The number of ether oxygens (including phenoxy) is 1. The minimum Gasteiger partial charge on any atom is -0.497 e. The van der Waals surface area contributed by atoms with Gasteiger partial charge in [-0.15, -0.1) is 0 Å². The molecule has 2 amide bonds. The van der Waals surface area contributed by atoms with Crippen LogP contribution in [0.4, 0.5) is 5.69 Å². The summed E-state index contributed by atoms with van der Waals surface area (Å²) in [7, 11) is 1.61. The highest BCUT2D eigenvalue weighted by Gasteiger charge is 2.13. The second kappa shape index (κ2) is 7.48. The van der Waals surface area contributed by atoms with Crippen molar-refractivity contribution < 1.29 is 14.3 Å². The van der Waals surface area contributed by atoms with E-state index in [0.29, 0.717) is 18.7 Å². The van der Waals surface area contributed by atoms with E-state index in [4.69, 9.17) is 4.74 Å². The molecule has 3 aromatic rings. The lowest BCUT2D eigenvalue weighted by molar-refractivity contribution is -0.136. The largest absolute Gasteiger partial charge is 0.497 e. The first-order valence-corrected chi connectivity index (χ1v) is 7.81. The van der Waals surface area contributed by atoms with E-state index in [2.05, 4.69) is 20.6 Å². The zero-order valence-corrected chi connectivity index (χ0v) is 13.7. The summed E-state index contributed by atoms with van der Waals surface area (Å²) in [5.41, 5.74) is 3.16. The molecule has 0 saturated heterocycles. The van der Waals surface area contributed by atoms with Gasteiger partial charge in [0.2, 0.25) is 0 Å². The Morgan fingerprint density at radius 1 is 1.12 bits per heavy atom. The molecule has 0 atom stereocenters. The van der Waals surface area contributed by atoms with Crippen LogP contribution in [0.1, 0.15) is 5.56 Å². The highest BCUT2D eigenvalue weighted by molar-refractivity contribution is 6.39. The third-order valence-corrected chi connectivity index (χ3v) is 3.74. The summed E-state index contributed by atoms with van der Waals surface area (Å²) in [6.45, 7) is 0.373. The van der Waals surface area contributed by atoms with Gasteiger partial charge in [-0.1, -0.05) is 12.1 Å². The number of nitrogens with one attached hydrogen (secondary N) is 3. The highest BCUT2D eigenvalue weighted by atomic mass is 16.5. The molecule has 0 aliphatic rings. The number of aromatic nitrogens is 2. The molecule has 25 heavy (non-hydrogen) atoms. The third-order valence-electron chi connectivity index (χ3n) is 3.74. The summed E-state index contributed by atoms with van der Waals surface area (Å²) < 4.78 is 5.09. The van der Waals surface area contributed by atoms with E-state index in [1.807, 2.05) is 24.3 Å². The number of nitrogens with zero attached hydrogens (tertiary/aromatic N) is 1. The number of carbonyl (C=O) groups is 2. The van der Waals surface area contributed by atoms with Crippen LogP contribution in [0, 0.1) is 0 Å². The van der Waals surface area contributed by atoms with Crippen LogP contribution in [0.3, 0.4) is 0 Å². The summed E-state index contributed by atoms with van der Waals surface area (Å²) >= 11 is 0. The van der Waals surface area contributed by atoms with Crippen molar-refractivity contribution in [2.45, 2.75) is 6.42 Å². The Bertz CT molecular complexity index is 887. The molecule has 0 unspecified atom stereocenters. The number of fused-ring (bicyclic) bond motifs is 1. The van der Waals surface area contributed by atoms with E-state index in [1.54, 1.807) is 31.6 Å². The number of methoxy groups -OCH3 is 1. The molecule has 0 fully saturated rings. The van der Waals surface area contributed by atoms with Gasteiger partial charge >= 0.3 is 11.8 Å². The molecule has 0 saturated carbocycles. The van der Waals surface area contributed by atoms with Gasteiger partial charge in [-0.25, -0.2) is 4.98 Å². The summed E-state index contributed by atoms with van der Waals surface area (Å²) in [4.78, 5) is 30.9. The lowest BCUT2D eigenvalue weighted by Gasteiger charge is -2.07. The molecular weight excluding hydrogens is 320 g/mol. The van der Waals surface area contributed by atoms with Crippen LogP contribution >= 0.6 is 0 Å². The molecule has 0 aliphatic carbocycles. The van der Waals surface area contributed by atoms with E-state index >= 15 is 0 Å². The van der Waals surface area contributed by atoms with Crippen LogP contribution < -0.4 is 15.4 Å². The Hall–Kier alpha value is -3.35. The fraction of sp³-hybridized carbons (Fsp3) is 0.167. The number of aromatic amines is 1. The average molecular weight is 338 g/mol. The number of rotatable bonds is 5. The van der Waals surface area contributed by atoms with Gasteiger partial charge in [0.15, 0.2) is 0 Å². The van der Waals surface area contributed by atoms with Gasteiger partial charge in [-0.2, -0.15) is 0 Å². The summed E-state index contributed by atoms with van der Waals surface area (Å²) in [6.07, 6.45) is 2.20. The Morgan fingerprint density at radius 2 is 1.92 bits per heavy atom. The normalized spacial score (nSPS) is 10.4. The van der Waals surface area contributed by atoms with E-state index < -0.39 is 11.8 Å². The lowest BCUT2D eigenvalue weighted by Crippen LogP contribution is -2.36. The maximum atomic E-state index is 11.9. The predicted molar refractivity (Wildman–Crippen MR) is 94.4 cm³/mol. The molecule has 2 aromatic carbocycles.